The van der Waals surface area contributed by atoms with Gasteiger partial charge in [-0.15, -0.1) is 0 Å². The van der Waals surface area contributed by atoms with Crippen molar-refractivity contribution >= 4 is 51.8 Å². The molecule has 0 fully saturated rings. The van der Waals surface area contributed by atoms with Gasteiger partial charge in [0.15, 0.2) is 5.43 Å². The average molecular weight is 387 g/mol. The molecule has 4 nitrogen and oxygen atoms in total. The lowest BCUT2D eigenvalue weighted by molar-refractivity contribution is 0.0697. The molecule has 0 amide bonds. The van der Waals surface area contributed by atoms with Gasteiger partial charge in [-0.1, -0.05) is 29.3 Å². The molecule has 0 atom stereocenters. The minimum Gasteiger partial charge on any atom is -0.478 e. The monoisotopic (exact) mass is 386 g/mol. The third-order valence-corrected chi connectivity index (χ3v) is 5.14. The zero-order valence-corrected chi connectivity index (χ0v) is 14.9. The van der Waals surface area contributed by atoms with Gasteiger partial charge in [-0.25, -0.2) is 4.79 Å². The van der Waals surface area contributed by atoms with Crippen LogP contribution in [0.5, 0.6) is 0 Å². The van der Waals surface area contributed by atoms with Crippen LogP contribution >= 0.6 is 23.2 Å². The fourth-order valence-corrected chi connectivity index (χ4v) is 3.69. The number of carboxylic acids is 1. The first-order valence-electron chi connectivity index (χ1n) is 7.93. The molecule has 1 aliphatic carbocycles. The van der Waals surface area contributed by atoms with E-state index < -0.39 is 5.97 Å². The molecule has 0 unspecified atom stereocenters. The number of allylic oxidation sites excluding steroid dienone is 1. The Morgan fingerprint density at radius 2 is 1.85 bits per heavy atom. The maximum absolute atomic E-state index is 12.8. The van der Waals surface area contributed by atoms with Crippen LogP contribution in [0.4, 0.5) is 0 Å². The fraction of sp³-hybridized carbons (Fsp3) is 0.100. The number of hydrogen-bond donors (Lipinski definition) is 1. The van der Waals surface area contributed by atoms with Crippen LogP contribution in [0.2, 0.25) is 10.0 Å². The van der Waals surface area contributed by atoms with Crippen molar-refractivity contribution in [1.29, 1.82) is 0 Å². The number of benzene rings is 2. The molecule has 0 bridgehead atoms. The highest BCUT2D eigenvalue weighted by atomic mass is 35.5. The van der Waals surface area contributed by atoms with Gasteiger partial charge < -0.3 is 9.52 Å². The van der Waals surface area contributed by atoms with Gasteiger partial charge in [0.1, 0.15) is 11.3 Å². The zero-order chi connectivity index (χ0) is 18.4. The fourth-order valence-electron chi connectivity index (χ4n) is 3.19. The summed E-state index contributed by atoms with van der Waals surface area (Å²) >= 11 is 12.5. The number of carbonyl (C=O) groups is 1. The maximum Gasteiger partial charge on any atom is 0.335 e. The number of carboxylic acid groups (broad SMARTS) is 1. The van der Waals surface area contributed by atoms with Crippen LogP contribution in [0.25, 0.3) is 22.6 Å². The molecule has 26 heavy (non-hydrogen) atoms. The van der Waals surface area contributed by atoms with Gasteiger partial charge in [0.2, 0.25) is 0 Å². The van der Waals surface area contributed by atoms with E-state index in [1.165, 1.54) is 18.2 Å². The molecule has 0 radical (unpaired) electrons. The van der Waals surface area contributed by atoms with E-state index in [0.29, 0.717) is 45.4 Å². The first-order chi connectivity index (χ1) is 12.5. The van der Waals surface area contributed by atoms with Crippen LogP contribution in [0, 0.1) is 0 Å². The SMILES string of the molecule is O=C(O)c1ccc2oc3c(c(=O)c2c1)CC/C3=C\c1c(Cl)cccc1Cl. The summed E-state index contributed by atoms with van der Waals surface area (Å²) in [5.41, 5.74) is 2.30. The molecule has 130 valence electrons. The van der Waals surface area contributed by atoms with E-state index in [1.807, 2.05) is 6.08 Å². The second-order valence-corrected chi connectivity index (χ2v) is 6.87. The van der Waals surface area contributed by atoms with Crippen molar-refractivity contribution in [2.75, 3.05) is 0 Å². The lowest BCUT2D eigenvalue weighted by Crippen LogP contribution is -2.09. The summed E-state index contributed by atoms with van der Waals surface area (Å²) in [7, 11) is 0. The number of aromatic carboxylic acids is 1. The van der Waals surface area contributed by atoms with Gasteiger partial charge >= 0.3 is 5.97 Å². The van der Waals surface area contributed by atoms with Crippen molar-refractivity contribution in [3.8, 4) is 0 Å². The summed E-state index contributed by atoms with van der Waals surface area (Å²) in [6.45, 7) is 0. The predicted octanol–water partition coefficient (Wildman–Crippen LogP) is 5.28. The molecular weight excluding hydrogens is 375 g/mol. The van der Waals surface area contributed by atoms with E-state index in [2.05, 4.69) is 0 Å². The highest BCUT2D eigenvalue weighted by Crippen LogP contribution is 2.36. The molecule has 0 spiro atoms. The Kier molecular flexibility index (Phi) is 4.10. The largest absolute Gasteiger partial charge is 0.478 e. The van der Waals surface area contributed by atoms with Crippen molar-refractivity contribution in [3.05, 3.63) is 79.1 Å². The topological polar surface area (TPSA) is 67.5 Å². The van der Waals surface area contributed by atoms with Crippen molar-refractivity contribution in [2.45, 2.75) is 12.8 Å². The number of fused-ring (bicyclic) bond motifs is 2. The highest BCUT2D eigenvalue weighted by molar-refractivity contribution is 6.37. The maximum atomic E-state index is 12.8. The Hall–Kier alpha value is -2.56. The molecular formula is C20H12Cl2O4. The Morgan fingerprint density at radius 1 is 1.12 bits per heavy atom. The number of halogens is 2. The molecule has 1 aromatic heterocycles. The molecule has 0 saturated carbocycles. The summed E-state index contributed by atoms with van der Waals surface area (Å²) < 4.78 is 5.94. The van der Waals surface area contributed by atoms with Crippen LogP contribution in [0.1, 0.15) is 33.7 Å². The molecule has 1 heterocycles. The van der Waals surface area contributed by atoms with E-state index in [9.17, 15) is 9.59 Å². The smallest absolute Gasteiger partial charge is 0.335 e. The van der Waals surface area contributed by atoms with E-state index in [0.717, 1.165) is 5.57 Å². The first-order valence-corrected chi connectivity index (χ1v) is 8.69. The van der Waals surface area contributed by atoms with Crippen LogP contribution in [0.15, 0.2) is 45.6 Å². The van der Waals surface area contributed by atoms with Crippen molar-refractivity contribution in [1.82, 2.24) is 0 Å². The highest BCUT2D eigenvalue weighted by Gasteiger charge is 2.25. The van der Waals surface area contributed by atoms with Crippen molar-refractivity contribution in [2.24, 2.45) is 0 Å². The quantitative estimate of drug-likeness (QED) is 0.649. The van der Waals surface area contributed by atoms with Crippen LogP contribution in [-0.4, -0.2) is 11.1 Å². The standard InChI is InChI=1S/C20H12Cl2O4/c21-15-2-1-3-16(22)13(15)8-10-4-6-12-18(23)14-9-11(20(24)25)5-7-17(14)26-19(10)12/h1-3,5,7-9H,4,6H2,(H,24,25)/b10-8+. The summed E-state index contributed by atoms with van der Waals surface area (Å²) in [4.78, 5) is 23.9. The van der Waals surface area contributed by atoms with Gasteiger partial charge in [0, 0.05) is 21.2 Å². The van der Waals surface area contributed by atoms with E-state index in [-0.39, 0.29) is 16.4 Å². The third-order valence-electron chi connectivity index (χ3n) is 4.49. The molecule has 1 aliphatic rings. The van der Waals surface area contributed by atoms with Crippen molar-refractivity contribution in [3.63, 3.8) is 0 Å². The van der Waals surface area contributed by atoms with E-state index in [4.69, 9.17) is 32.7 Å². The Morgan fingerprint density at radius 3 is 2.54 bits per heavy atom. The van der Waals surface area contributed by atoms with Gasteiger partial charge in [-0.05, 0) is 54.8 Å². The van der Waals surface area contributed by atoms with Gasteiger partial charge in [-0.2, -0.15) is 0 Å². The molecule has 3 aromatic rings. The minimum atomic E-state index is -1.08. The lowest BCUT2D eigenvalue weighted by atomic mass is 10.1. The number of rotatable bonds is 2. The summed E-state index contributed by atoms with van der Waals surface area (Å²) in [6.07, 6.45) is 2.99. The number of hydrogen-bond acceptors (Lipinski definition) is 3. The average Bonchev–Trinajstić information content (AvgIpc) is 3.01. The molecule has 2 aromatic carbocycles. The summed E-state index contributed by atoms with van der Waals surface area (Å²) in [5, 5.41) is 10.4. The van der Waals surface area contributed by atoms with E-state index >= 15 is 0 Å². The summed E-state index contributed by atoms with van der Waals surface area (Å²) in [6, 6.07) is 9.56. The van der Waals surface area contributed by atoms with Gasteiger partial charge in [0.25, 0.3) is 0 Å². The molecule has 6 heteroatoms. The van der Waals surface area contributed by atoms with Crippen LogP contribution in [-0.2, 0) is 6.42 Å². The predicted molar refractivity (Wildman–Crippen MR) is 102 cm³/mol. The molecule has 0 saturated heterocycles. The second-order valence-electron chi connectivity index (χ2n) is 6.06. The molecule has 0 aliphatic heterocycles. The van der Waals surface area contributed by atoms with Crippen LogP contribution < -0.4 is 5.43 Å². The normalized spacial score (nSPS) is 14.8. The van der Waals surface area contributed by atoms with Crippen molar-refractivity contribution < 1.29 is 14.3 Å². The Labute approximate surface area is 158 Å². The lowest BCUT2D eigenvalue weighted by Gasteiger charge is -2.06. The zero-order valence-electron chi connectivity index (χ0n) is 13.4. The Bertz CT molecular complexity index is 1140. The third kappa shape index (κ3) is 2.71. The van der Waals surface area contributed by atoms with Gasteiger partial charge in [0.05, 0.1) is 10.9 Å². The Balaban J connectivity index is 1.91. The minimum absolute atomic E-state index is 0.0568. The second kappa shape index (κ2) is 6.31. The summed E-state index contributed by atoms with van der Waals surface area (Å²) in [5.74, 6) is -0.567. The van der Waals surface area contributed by atoms with Crippen LogP contribution in [0.3, 0.4) is 0 Å². The van der Waals surface area contributed by atoms with E-state index in [1.54, 1.807) is 18.2 Å². The van der Waals surface area contributed by atoms with Gasteiger partial charge in [-0.3, -0.25) is 4.79 Å². The first kappa shape index (κ1) is 16.9. The molecule has 1 N–H and O–H groups in total. The molecule has 4 rings (SSSR count).